The number of carboxylic acids is 1. The van der Waals surface area contributed by atoms with Crippen LogP contribution in [0.25, 0.3) is 0 Å². The van der Waals surface area contributed by atoms with Gasteiger partial charge in [0.2, 0.25) is 0 Å². The maximum absolute atomic E-state index is 10.4. The number of carbonyl (C=O) groups is 1. The summed E-state index contributed by atoms with van der Waals surface area (Å²) in [5.74, 6) is -0.260. The first kappa shape index (κ1) is 9.26. The summed E-state index contributed by atoms with van der Waals surface area (Å²) >= 11 is 1.59. The Kier molecular flexibility index (Phi) is 2.87. The molecule has 0 fully saturated rings. The lowest BCUT2D eigenvalue weighted by molar-refractivity contribution is -0.136. The second kappa shape index (κ2) is 3.72. The molecule has 0 bridgehead atoms. The number of hydrogen-bond donors (Lipinski definition) is 1. The Morgan fingerprint density at radius 3 is 2.67 bits per heavy atom. The Labute approximate surface area is 75.9 Å². The van der Waals surface area contributed by atoms with Crippen molar-refractivity contribution in [2.24, 2.45) is 0 Å². The first-order valence-electron chi connectivity index (χ1n) is 3.90. The van der Waals surface area contributed by atoms with Crippen LogP contribution in [0.1, 0.15) is 29.5 Å². The van der Waals surface area contributed by atoms with E-state index in [2.05, 4.69) is 13.8 Å². The standard InChI is InChI=1S/C9H12O2S/c1-6(2)8-4-3-7(12-8)5-9(10)11/h3-4,6H,5H2,1-2H3,(H,10,11). The van der Waals surface area contributed by atoms with Gasteiger partial charge in [0.25, 0.3) is 0 Å². The SMILES string of the molecule is CC(C)c1ccc(CC(=O)O)s1. The smallest absolute Gasteiger partial charge is 0.308 e. The van der Waals surface area contributed by atoms with Crippen LogP contribution in [0.5, 0.6) is 0 Å². The third-order valence-corrected chi connectivity index (χ3v) is 2.96. The van der Waals surface area contributed by atoms with Crippen molar-refractivity contribution in [2.45, 2.75) is 26.2 Å². The van der Waals surface area contributed by atoms with Gasteiger partial charge in [-0.15, -0.1) is 11.3 Å². The van der Waals surface area contributed by atoms with Gasteiger partial charge < -0.3 is 5.11 Å². The highest BCUT2D eigenvalue weighted by Crippen LogP contribution is 2.24. The summed E-state index contributed by atoms with van der Waals surface area (Å²) in [5.41, 5.74) is 0. The van der Waals surface area contributed by atoms with E-state index in [1.54, 1.807) is 11.3 Å². The summed E-state index contributed by atoms with van der Waals surface area (Å²) < 4.78 is 0. The number of thiophene rings is 1. The predicted octanol–water partition coefficient (Wildman–Crippen LogP) is 2.50. The number of hydrogen-bond acceptors (Lipinski definition) is 2. The van der Waals surface area contributed by atoms with Gasteiger partial charge >= 0.3 is 5.97 Å². The molecule has 1 N–H and O–H groups in total. The van der Waals surface area contributed by atoms with Crippen LogP contribution in [0, 0.1) is 0 Å². The van der Waals surface area contributed by atoms with Crippen LogP contribution in [0.3, 0.4) is 0 Å². The molecule has 0 aliphatic rings. The van der Waals surface area contributed by atoms with E-state index >= 15 is 0 Å². The van der Waals surface area contributed by atoms with E-state index < -0.39 is 5.97 Å². The van der Waals surface area contributed by atoms with Crippen LogP contribution in [0.4, 0.5) is 0 Å². The Balaban J connectivity index is 2.70. The van der Waals surface area contributed by atoms with E-state index in [0.29, 0.717) is 5.92 Å². The van der Waals surface area contributed by atoms with Crippen molar-refractivity contribution in [3.05, 3.63) is 21.9 Å². The molecular weight excluding hydrogens is 172 g/mol. The maximum atomic E-state index is 10.4. The second-order valence-corrected chi connectivity index (χ2v) is 4.23. The number of aliphatic carboxylic acids is 1. The summed E-state index contributed by atoms with van der Waals surface area (Å²) in [6, 6.07) is 3.90. The molecule has 0 atom stereocenters. The van der Waals surface area contributed by atoms with Gasteiger partial charge in [0.15, 0.2) is 0 Å². The largest absolute Gasteiger partial charge is 0.481 e. The minimum absolute atomic E-state index is 0.150. The molecule has 1 aromatic heterocycles. The zero-order valence-corrected chi connectivity index (χ0v) is 8.02. The monoisotopic (exact) mass is 184 g/mol. The molecule has 12 heavy (non-hydrogen) atoms. The van der Waals surface area contributed by atoms with Crippen molar-refractivity contribution in [1.82, 2.24) is 0 Å². The average Bonchev–Trinajstić information content (AvgIpc) is 2.34. The van der Waals surface area contributed by atoms with Crippen LogP contribution in [-0.2, 0) is 11.2 Å². The van der Waals surface area contributed by atoms with Gasteiger partial charge in [0, 0.05) is 9.75 Å². The van der Waals surface area contributed by atoms with Crippen molar-refractivity contribution in [2.75, 3.05) is 0 Å². The highest BCUT2D eigenvalue weighted by atomic mass is 32.1. The normalized spacial score (nSPS) is 10.6. The summed E-state index contributed by atoms with van der Waals surface area (Å²) in [6.07, 6.45) is 0.150. The first-order chi connectivity index (χ1) is 5.59. The molecule has 0 aliphatic carbocycles. The zero-order chi connectivity index (χ0) is 9.14. The van der Waals surface area contributed by atoms with Gasteiger partial charge in [-0.1, -0.05) is 13.8 Å². The Morgan fingerprint density at radius 1 is 1.58 bits per heavy atom. The lowest BCUT2D eigenvalue weighted by Gasteiger charge is -1.97. The molecule has 0 saturated heterocycles. The third-order valence-electron chi connectivity index (χ3n) is 1.58. The average molecular weight is 184 g/mol. The quantitative estimate of drug-likeness (QED) is 0.783. The summed E-state index contributed by atoms with van der Waals surface area (Å²) in [6.45, 7) is 4.22. The predicted molar refractivity (Wildman–Crippen MR) is 49.7 cm³/mol. The molecule has 0 aliphatic heterocycles. The van der Waals surface area contributed by atoms with Crippen LogP contribution in [0.15, 0.2) is 12.1 Å². The lowest BCUT2D eigenvalue weighted by Crippen LogP contribution is -1.96. The fourth-order valence-electron chi connectivity index (χ4n) is 0.949. The molecule has 0 saturated carbocycles. The van der Waals surface area contributed by atoms with E-state index in [1.165, 1.54) is 4.88 Å². The molecule has 0 amide bonds. The van der Waals surface area contributed by atoms with E-state index in [9.17, 15) is 4.79 Å². The molecule has 1 rings (SSSR count). The highest BCUT2D eigenvalue weighted by Gasteiger charge is 2.06. The van der Waals surface area contributed by atoms with Gasteiger partial charge in [0.05, 0.1) is 6.42 Å². The number of rotatable bonds is 3. The lowest BCUT2D eigenvalue weighted by atomic mass is 10.2. The third kappa shape index (κ3) is 2.34. The second-order valence-electron chi connectivity index (χ2n) is 3.03. The molecule has 2 nitrogen and oxygen atoms in total. The van der Waals surface area contributed by atoms with Crippen LogP contribution in [-0.4, -0.2) is 11.1 Å². The van der Waals surface area contributed by atoms with E-state index in [4.69, 9.17) is 5.11 Å². The molecule has 3 heteroatoms. The molecule has 66 valence electrons. The topological polar surface area (TPSA) is 37.3 Å². The maximum Gasteiger partial charge on any atom is 0.308 e. The van der Waals surface area contributed by atoms with Gasteiger partial charge in [0.1, 0.15) is 0 Å². The Morgan fingerprint density at radius 2 is 2.25 bits per heavy atom. The Bertz CT molecular complexity index is 276. The van der Waals surface area contributed by atoms with Crippen LogP contribution >= 0.6 is 11.3 Å². The van der Waals surface area contributed by atoms with Gasteiger partial charge in [-0.25, -0.2) is 0 Å². The van der Waals surface area contributed by atoms with E-state index in [0.717, 1.165) is 4.88 Å². The molecular formula is C9H12O2S. The highest BCUT2D eigenvalue weighted by molar-refractivity contribution is 7.12. The minimum Gasteiger partial charge on any atom is -0.481 e. The summed E-state index contributed by atoms with van der Waals surface area (Å²) in [7, 11) is 0. The van der Waals surface area contributed by atoms with Gasteiger partial charge in [-0.2, -0.15) is 0 Å². The first-order valence-corrected chi connectivity index (χ1v) is 4.71. The van der Waals surface area contributed by atoms with Crippen LogP contribution < -0.4 is 0 Å². The number of carboxylic acid groups (broad SMARTS) is 1. The molecule has 0 aromatic carbocycles. The molecule has 0 spiro atoms. The van der Waals surface area contributed by atoms with Crippen LogP contribution in [0.2, 0.25) is 0 Å². The minimum atomic E-state index is -0.757. The van der Waals surface area contributed by atoms with Crippen molar-refractivity contribution >= 4 is 17.3 Å². The van der Waals surface area contributed by atoms with Crippen molar-refractivity contribution in [1.29, 1.82) is 0 Å². The van der Waals surface area contributed by atoms with Crippen molar-refractivity contribution in [3.8, 4) is 0 Å². The molecule has 0 unspecified atom stereocenters. The van der Waals surface area contributed by atoms with E-state index in [-0.39, 0.29) is 6.42 Å². The molecule has 0 radical (unpaired) electrons. The van der Waals surface area contributed by atoms with Crippen molar-refractivity contribution < 1.29 is 9.90 Å². The molecule has 1 aromatic rings. The summed E-state index contributed by atoms with van der Waals surface area (Å²) in [5, 5.41) is 8.52. The summed E-state index contributed by atoms with van der Waals surface area (Å²) in [4.78, 5) is 12.5. The fraction of sp³-hybridized carbons (Fsp3) is 0.444. The van der Waals surface area contributed by atoms with Gasteiger partial charge in [-0.3, -0.25) is 4.79 Å². The fourth-order valence-corrected chi connectivity index (χ4v) is 1.96. The van der Waals surface area contributed by atoms with Gasteiger partial charge in [-0.05, 0) is 18.1 Å². The molecule has 1 heterocycles. The zero-order valence-electron chi connectivity index (χ0n) is 7.20. The van der Waals surface area contributed by atoms with Crippen molar-refractivity contribution in [3.63, 3.8) is 0 Å². The Hall–Kier alpha value is -0.830. The van der Waals surface area contributed by atoms with E-state index in [1.807, 2.05) is 12.1 Å².